The van der Waals surface area contributed by atoms with Gasteiger partial charge in [0.15, 0.2) is 17.4 Å². The summed E-state index contributed by atoms with van der Waals surface area (Å²) in [6, 6.07) is 0. The number of hydrogen-bond acceptors (Lipinski definition) is 1. The first-order valence-corrected chi connectivity index (χ1v) is 0. The molecule has 0 aromatic carbocycles. The third kappa shape index (κ3) is 21.4. The zero-order valence-electron chi connectivity index (χ0n) is 1.41. The second-order valence-electron chi connectivity index (χ2n) is 0. The summed E-state index contributed by atoms with van der Waals surface area (Å²) in [6.07, 6.45) is 0. The van der Waals surface area contributed by atoms with E-state index < -0.39 is 0 Å². The summed E-state index contributed by atoms with van der Waals surface area (Å²) in [5, 5.41) is 0. The molecule has 0 aliphatic carbocycles. The Bertz CT molecular complexity index is 11.6. The van der Waals surface area contributed by atoms with Gasteiger partial charge in [0.25, 0.3) is 0 Å². The van der Waals surface area contributed by atoms with Gasteiger partial charge in [0.1, 0.15) is 0 Å². The Morgan fingerprint density at radius 3 is 1.00 bits per heavy atom. The Kier molecular flexibility index (Phi) is 334. The molecule has 5 heteroatoms. The molecule has 0 aromatic heterocycles. The van der Waals surface area contributed by atoms with Crippen molar-refractivity contribution in [3.63, 3.8) is 0 Å². The Balaban J connectivity index is 0. The molecule has 0 amide bonds. The molecule has 34 valence electrons. The number of rotatable bonds is 0. The van der Waals surface area contributed by atoms with Gasteiger partial charge in [-0.25, -0.2) is 0 Å². The molecule has 1 atom stereocenters. The molecular formula is H15AlGaInNP. The predicted octanol–water partition coefficient (Wildman–Crippen LogP) is -3.33. The summed E-state index contributed by atoms with van der Waals surface area (Å²) in [4.78, 5) is 0. The van der Waals surface area contributed by atoms with Gasteiger partial charge in [-0.1, -0.05) is 0 Å². The normalized spacial score (nSPS) is 0. The fraction of sp³-hybridized carbons (Fsp3) is 0. The van der Waals surface area contributed by atoms with Crippen molar-refractivity contribution in [1.29, 1.82) is 0 Å². The minimum atomic E-state index is 0. The average molecular weight is 272 g/mol. The summed E-state index contributed by atoms with van der Waals surface area (Å²) >= 11 is 0. The van der Waals surface area contributed by atoms with Crippen molar-refractivity contribution < 1.29 is 0 Å². The molecule has 0 aromatic rings. The third-order valence-corrected chi connectivity index (χ3v) is 0. The first-order valence-electron chi connectivity index (χ1n) is 0. The van der Waals surface area contributed by atoms with Crippen LogP contribution in [-0.2, 0) is 0 Å². The van der Waals surface area contributed by atoms with E-state index in [9.17, 15) is 0 Å². The minimum absolute atomic E-state index is 0. The molecule has 0 saturated carbocycles. The van der Waals surface area contributed by atoms with Gasteiger partial charge < -0.3 is 6.15 Å². The van der Waals surface area contributed by atoms with E-state index in [4.69, 9.17) is 0 Å². The molecule has 0 aliphatic heterocycles. The van der Waals surface area contributed by atoms with Crippen molar-refractivity contribution in [3.8, 4) is 0 Å². The van der Waals surface area contributed by atoms with E-state index in [1.54, 1.807) is 0 Å². The van der Waals surface area contributed by atoms with Crippen molar-refractivity contribution >= 4 is 72.9 Å². The van der Waals surface area contributed by atoms with Gasteiger partial charge >= 0.3 is 45.6 Å². The molecule has 0 saturated heterocycles. The molecule has 0 fully saturated rings. The van der Waals surface area contributed by atoms with E-state index in [-0.39, 0.29) is 79.0 Å². The molecule has 1 unspecified atom stereocenters. The zero-order chi connectivity index (χ0) is 0. The van der Waals surface area contributed by atoms with Crippen LogP contribution in [0.1, 0.15) is 0 Å². The van der Waals surface area contributed by atoms with Crippen LogP contribution in [-0.4, -0.2) is 63.0 Å². The van der Waals surface area contributed by atoms with Crippen LogP contribution < -0.4 is 6.15 Å². The van der Waals surface area contributed by atoms with E-state index >= 15 is 0 Å². The summed E-state index contributed by atoms with van der Waals surface area (Å²) in [5.74, 6) is 0. The first-order chi connectivity index (χ1) is 0. The average Bonchev–Trinajstić information content (AvgIpc) is 0. The van der Waals surface area contributed by atoms with Crippen molar-refractivity contribution in [1.82, 2.24) is 6.15 Å². The Labute approximate surface area is 78.2 Å². The molecule has 0 bridgehead atoms. The number of hydrogen-bond donors (Lipinski definition) is 1. The fourth-order valence-corrected chi connectivity index (χ4v) is 0. The maximum atomic E-state index is 0. The van der Waals surface area contributed by atoms with Gasteiger partial charge in [-0.15, -0.1) is 0 Å². The second kappa shape index (κ2) is 32.1. The molecule has 1 nitrogen and oxygen atoms in total. The van der Waals surface area contributed by atoms with Gasteiger partial charge in [0.05, 0.1) is 0 Å². The third-order valence-electron chi connectivity index (χ3n) is 0. The monoisotopic (exact) mass is 271 g/mol. The Morgan fingerprint density at radius 2 is 1.00 bits per heavy atom. The molecular weight excluding hydrogens is 257 g/mol. The van der Waals surface area contributed by atoms with E-state index in [2.05, 4.69) is 0 Å². The van der Waals surface area contributed by atoms with E-state index in [0.29, 0.717) is 0 Å². The molecule has 0 heterocycles. The Hall–Kier alpha value is 2.43. The van der Waals surface area contributed by atoms with Gasteiger partial charge in [0.2, 0.25) is 0 Å². The summed E-state index contributed by atoms with van der Waals surface area (Å²) < 4.78 is 0. The second-order valence-corrected chi connectivity index (χ2v) is 0. The predicted molar refractivity (Wildman–Crippen MR) is 45.9 cm³/mol. The fourth-order valence-electron chi connectivity index (χ4n) is 0. The summed E-state index contributed by atoms with van der Waals surface area (Å²) in [7, 11) is 0. The van der Waals surface area contributed by atoms with Gasteiger partial charge in [0, 0.05) is 0 Å². The Morgan fingerprint density at radius 1 is 1.00 bits per heavy atom. The van der Waals surface area contributed by atoms with E-state index in [1.807, 2.05) is 0 Å². The van der Waals surface area contributed by atoms with Crippen LogP contribution in [0.4, 0.5) is 0 Å². The van der Waals surface area contributed by atoms with Crippen LogP contribution in [0.2, 0.25) is 0 Å². The van der Waals surface area contributed by atoms with Crippen molar-refractivity contribution in [2.24, 2.45) is 0 Å². The van der Waals surface area contributed by atoms with Crippen LogP contribution >= 0.6 is 9.90 Å². The van der Waals surface area contributed by atoms with Crippen LogP contribution in [0.3, 0.4) is 0 Å². The standard InChI is InChI=1S/Al.Ga.In.H3N.H3P.9H/h;;;2*1H3;;;;;;;;;. The quantitative estimate of drug-likeness (QED) is 0.363. The van der Waals surface area contributed by atoms with E-state index in [0.717, 1.165) is 0 Å². The van der Waals surface area contributed by atoms with Crippen LogP contribution in [0.15, 0.2) is 0 Å². The van der Waals surface area contributed by atoms with Crippen LogP contribution in [0, 0.1) is 0 Å². The molecule has 5 heavy (non-hydrogen) atoms. The SMILES string of the molecule is N.P.[AlH3].[GaH3].[InH3]. The first kappa shape index (κ1) is 52.0. The van der Waals surface area contributed by atoms with Crippen molar-refractivity contribution in [2.75, 3.05) is 0 Å². The molecule has 3 N–H and O–H groups in total. The van der Waals surface area contributed by atoms with Gasteiger partial charge in [-0.05, 0) is 0 Å². The molecule has 0 spiro atoms. The molecule has 0 aliphatic rings. The molecule has 0 radical (unpaired) electrons. The van der Waals surface area contributed by atoms with Crippen molar-refractivity contribution in [3.05, 3.63) is 0 Å². The summed E-state index contributed by atoms with van der Waals surface area (Å²) in [5.41, 5.74) is 0. The van der Waals surface area contributed by atoms with E-state index in [1.165, 1.54) is 0 Å². The van der Waals surface area contributed by atoms with Crippen LogP contribution in [0.25, 0.3) is 0 Å². The molecule has 0 rings (SSSR count). The van der Waals surface area contributed by atoms with Gasteiger partial charge in [-0.3, -0.25) is 0 Å². The zero-order valence-corrected chi connectivity index (χ0v) is 2.83. The van der Waals surface area contributed by atoms with Gasteiger partial charge in [-0.2, -0.15) is 9.90 Å². The van der Waals surface area contributed by atoms with Crippen molar-refractivity contribution in [2.45, 2.75) is 0 Å². The summed E-state index contributed by atoms with van der Waals surface area (Å²) in [6.45, 7) is 0. The van der Waals surface area contributed by atoms with Crippen LogP contribution in [0.5, 0.6) is 0 Å². The maximum absolute atomic E-state index is 0. The topological polar surface area (TPSA) is 35.0 Å².